The van der Waals surface area contributed by atoms with Crippen LogP contribution in [-0.4, -0.2) is 89.9 Å². The van der Waals surface area contributed by atoms with Crippen LogP contribution in [0.25, 0.3) is 6.08 Å². The van der Waals surface area contributed by atoms with Gasteiger partial charge in [-0.15, -0.1) is 0 Å². The van der Waals surface area contributed by atoms with Crippen LogP contribution in [0.3, 0.4) is 0 Å². The molecule has 0 amide bonds. The molecule has 244 valence electrons. The average Bonchev–Trinajstić information content (AvgIpc) is 3.38. The quantitative estimate of drug-likeness (QED) is 0.335. The zero-order valence-electron chi connectivity index (χ0n) is 24.9. The Morgan fingerprint density at radius 2 is 1.53 bits per heavy atom. The maximum atomic E-state index is 13.5. The lowest BCUT2D eigenvalue weighted by Gasteiger charge is -2.32. The average molecular weight is 731 g/mol. The number of ether oxygens (including phenoxy) is 5. The highest BCUT2D eigenvalue weighted by Gasteiger charge is 2.31. The van der Waals surface area contributed by atoms with Gasteiger partial charge in [0, 0.05) is 29.7 Å². The Morgan fingerprint density at radius 1 is 0.956 bits per heavy atom. The molecule has 0 fully saturated rings. The van der Waals surface area contributed by atoms with Gasteiger partial charge in [-0.1, -0.05) is 15.9 Å². The fourth-order valence-electron chi connectivity index (χ4n) is 4.53. The second-order valence-electron chi connectivity index (χ2n) is 10.4. The van der Waals surface area contributed by atoms with Gasteiger partial charge >= 0.3 is 11.9 Å². The van der Waals surface area contributed by atoms with Gasteiger partial charge in [-0.05, 0) is 54.0 Å². The summed E-state index contributed by atoms with van der Waals surface area (Å²) in [5.74, 6) is -1.98. The van der Waals surface area contributed by atoms with E-state index >= 15 is 0 Å². The summed E-state index contributed by atoms with van der Waals surface area (Å²) in [7, 11) is -5.57. The largest absolute Gasteiger partial charge is 0.504 e. The number of phenols is 1. The van der Waals surface area contributed by atoms with E-state index in [1.54, 1.807) is 23.1 Å². The smallest absolute Gasteiger partial charge is 0.340 e. The molecule has 0 aliphatic carbocycles. The summed E-state index contributed by atoms with van der Waals surface area (Å²) in [6.45, 7) is 1.07. The van der Waals surface area contributed by atoms with E-state index in [-0.39, 0.29) is 36.0 Å². The number of methoxy groups -OCH3 is 1. The van der Waals surface area contributed by atoms with Crippen molar-refractivity contribution in [1.82, 2.24) is 4.90 Å². The first-order chi connectivity index (χ1) is 21.1. The molecule has 4 rings (SSSR count). The zero-order chi connectivity index (χ0) is 33.1. The molecule has 13 nitrogen and oxygen atoms in total. The van der Waals surface area contributed by atoms with Crippen molar-refractivity contribution in [2.45, 2.75) is 19.5 Å². The maximum Gasteiger partial charge on any atom is 0.340 e. The van der Waals surface area contributed by atoms with E-state index < -0.39 is 62.4 Å². The summed E-state index contributed by atoms with van der Waals surface area (Å²) < 4.78 is 74.2. The molecule has 2 heterocycles. The lowest BCUT2D eigenvalue weighted by molar-refractivity contribution is -0.142. The Balaban J connectivity index is 1.86. The Labute approximate surface area is 269 Å². The van der Waals surface area contributed by atoms with Gasteiger partial charge in [0.15, 0.2) is 42.7 Å². The fraction of sp³-hybridized carbons (Fsp3) is 0.379. The molecular weight excluding hydrogens is 698 g/mol. The van der Waals surface area contributed by atoms with Crippen molar-refractivity contribution >= 4 is 53.6 Å². The highest BCUT2D eigenvalue weighted by molar-refractivity contribution is 9.10. The number of hydrogen-bond acceptors (Lipinski definition) is 13. The number of halogens is 1. The van der Waals surface area contributed by atoms with Crippen LogP contribution in [0.1, 0.15) is 29.7 Å². The summed E-state index contributed by atoms with van der Waals surface area (Å²) in [5, 5.41) is 10.6. The Hall–Kier alpha value is -3.76. The third kappa shape index (κ3) is 8.70. The zero-order valence-corrected chi connectivity index (χ0v) is 28.1. The number of fused-ring (bicyclic) bond motifs is 2. The van der Waals surface area contributed by atoms with Gasteiger partial charge in [-0.25, -0.2) is 26.4 Å². The molecule has 2 aliphatic heterocycles. The number of rotatable bonds is 11. The standard InChI is InChI=1S/C29H32BrNO12S2/c1-17-20-12-25(39-2)24(32)10-18(20)9-21(28(33)40-5-7-44(3,35)36)22(29(34)41-6-8-45(4,37)38)15-31(17)14-19-11-26-27(13-23(19)30)43-16-42-26/h9-13,15,17,32H,5-8,14,16H2,1-4H3. The Morgan fingerprint density at radius 3 is 2.11 bits per heavy atom. The van der Waals surface area contributed by atoms with Crippen molar-refractivity contribution in [2.24, 2.45) is 0 Å². The van der Waals surface area contributed by atoms with E-state index in [0.29, 0.717) is 27.1 Å². The number of esters is 2. The predicted molar refractivity (Wildman–Crippen MR) is 166 cm³/mol. The molecule has 1 atom stereocenters. The van der Waals surface area contributed by atoms with Gasteiger partial charge in [-0.3, -0.25) is 0 Å². The van der Waals surface area contributed by atoms with Crippen molar-refractivity contribution in [3.8, 4) is 23.0 Å². The van der Waals surface area contributed by atoms with Gasteiger partial charge in [0.05, 0.1) is 35.8 Å². The number of hydrogen-bond donors (Lipinski definition) is 1. The first-order valence-corrected chi connectivity index (χ1v) is 18.4. The molecule has 0 aromatic heterocycles. The van der Waals surface area contributed by atoms with E-state index in [9.17, 15) is 31.5 Å². The van der Waals surface area contributed by atoms with E-state index in [1.807, 2.05) is 6.92 Å². The summed E-state index contributed by atoms with van der Waals surface area (Å²) in [5.41, 5.74) is 1.07. The number of carbonyl (C=O) groups excluding carboxylic acids is 2. The van der Waals surface area contributed by atoms with Crippen LogP contribution in [0, 0.1) is 0 Å². The second-order valence-corrected chi connectivity index (χ2v) is 15.8. The SMILES string of the molecule is COc1cc2c(cc1O)C=C(C(=O)OCCS(C)(=O)=O)C(C(=O)OCCS(C)(=O)=O)=CN(Cc1cc3c(cc1Br)OCO3)C2C. The summed E-state index contributed by atoms with van der Waals surface area (Å²) in [6, 6.07) is 5.97. The van der Waals surface area contributed by atoms with Crippen molar-refractivity contribution in [2.75, 3.05) is 51.1 Å². The molecule has 1 N–H and O–H groups in total. The number of phenolic OH excluding ortho intramolecular Hbond substituents is 1. The molecule has 16 heteroatoms. The maximum absolute atomic E-state index is 13.5. The van der Waals surface area contributed by atoms with Crippen molar-refractivity contribution in [3.63, 3.8) is 0 Å². The molecular formula is C29H32BrNO12S2. The third-order valence-electron chi connectivity index (χ3n) is 6.93. The van der Waals surface area contributed by atoms with Crippen LogP contribution in [0.15, 0.2) is 46.1 Å². The molecule has 2 aliphatic rings. The van der Waals surface area contributed by atoms with Crippen LogP contribution in [-0.2, 0) is 45.3 Å². The van der Waals surface area contributed by atoms with Crippen LogP contribution < -0.4 is 14.2 Å². The van der Waals surface area contributed by atoms with Gasteiger partial charge in [0.1, 0.15) is 13.2 Å². The monoisotopic (exact) mass is 729 g/mol. The van der Waals surface area contributed by atoms with Crippen molar-refractivity contribution in [1.29, 1.82) is 0 Å². The van der Waals surface area contributed by atoms with Crippen molar-refractivity contribution in [3.05, 3.63) is 62.8 Å². The lowest BCUT2D eigenvalue weighted by atomic mass is 9.93. The van der Waals surface area contributed by atoms with Gasteiger partial charge < -0.3 is 33.7 Å². The van der Waals surface area contributed by atoms with Gasteiger partial charge in [-0.2, -0.15) is 0 Å². The molecule has 0 bridgehead atoms. The van der Waals surface area contributed by atoms with Gasteiger partial charge in [0.25, 0.3) is 0 Å². The summed E-state index contributed by atoms with van der Waals surface area (Å²) in [6.07, 6.45) is 4.70. The second kappa shape index (κ2) is 13.7. The van der Waals surface area contributed by atoms with Crippen LogP contribution in [0.4, 0.5) is 0 Å². The van der Waals surface area contributed by atoms with E-state index in [2.05, 4.69) is 15.9 Å². The minimum atomic E-state index is -3.48. The van der Waals surface area contributed by atoms with E-state index in [4.69, 9.17) is 23.7 Å². The van der Waals surface area contributed by atoms with E-state index in [1.165, 1.54) is 25.5 Å². The minimum Gasteiger partial charge on any atom is -0.504 e. The normalized spacial score (nSPS) is 16.1. The Bertz CT molecular complexity index is 1780. The van der Waals surface area contributed by atoms with Crippen LogP contribution in [0.5, 0.6) is 23.0 Å². The minimum absolute atomic E-state index is 0.0565. The van der Waals surface area contributed by atoms with E-state index in [0.717, 1.165) is 18.1 Å². The van der Waals surface area contributed by atoms with Crippen LogP contribution >= 0.6 is 15.9 Å². The lowest BCUT2D eigenvalue weighted by Crippen LogP contribution is -2.28. The molecule has 45 heavy (non-hydrogen) atoms. The summed E-state index contributed by atoms with van der Waals surface area (Å²) >= 11 is 3.55. The fourth-order valence-corrected chi connectivity index (χ4v) is 5.75. The molecule has 0 radical (unpaired) electrons. The number of sulfone groups is 2. The number of carbonyl (C=O) groups is 2. The Kier molecular flexibility index (Phi) is 10.4. The number of aromatic hydroxyl groups is 1. The molecule has 0 spiro atoms. The highest BCUT2D eigenvalue weighted by Crippen LogP contribution is 2.41. The van der Waals surface area contributed by atoms with Crippen molar-refractivity contribution < 1.29 is 55.2 Å². The van der Waals surface area contributed by atoms with Gasteiger partial charge in [0.2, 0.25) is 6.79 Å². The highest BCUT2D eigenvalue weighted by atomic mass is 79.9. The molecule has 0 saturated carbocycles. The number of benzene rings is 2. The summed E-state index contributed by atoms with van der Waals surface area (Å²) in [4.78, 5) is 28.7. The first-order valence-electron chi connectivity index (χ1n) is 13.4. The number of nitrogens with zero attached hydrogens (tertiary/aromatic N) is 1. The molecule has 2 aromatic rings. The topological polar surface area (TPSA) is 172 Å². The third-order valence-corrected chi connectivity index (χ3v) is 9.48. The van der Waals surface area contributed by atoms with Crippen LogP contribution in [0.2, 0.25) is 0 Å². The molecule has 2 aromatic carbocycles. The molecule has 1 unspecified atom stereocenters. The molecule has 0 saturated heterocycles. The first kappa shape index (κ1) is 34.1. The predicted octanol–water partition coefficient (Wildman–Crippen LogP) is 2.91.